The molecule has 0 N–H and O–H groups in total. The fourth-order valence-electron chi connectivity index (χ4n) is 2.66. The topological polar surface area (TPSA) is 39.4 Å². The van der Waals surface area contributed by atoms with Crippen LogP contribution in [-0.4, -0.2) is 13.1 Å². The molecule has 120 valence electrons. The van der Waals surface area contributed by atoms with Crippen LogP contribution in [0.5, 0.6) is 0 Å². The van der Waals surface area contributed by atoms with Gasteiger partial charge in [0.25, 0.3) is 0 Å². The van der Waals surface area contributed by atoms with Gasteiger partial charge in [0.15, 0.2) is 0 Å². The van der Waals surface area contributed by atoms with Gasteiger partial charge >= 0.3 is 5.97 Å². The Morgan fingerprint density at radius 3 is 2.09 bits per heavy atom. The van der Waals surface area contributed by atoms with Gasteiger partial charge in [0, 0.05) is 10.9 Å². The Kier molecular flexibility index (Phi) is 3.88. The molecule has 2 rings (SSSR count). The van der Waals surface area contributed by atoms with E-state index >= 15 is 0 Å². The molecule has 0 amide bonds. The van der Waals surface area contributed by atoms with E-state index in [0.717, 1.165) is 16.5 Å². The number of fused-ring (bicyclic) bond motifs is 1. The first-order valence-corrected chi connectivity index (χ1v) is 7.63. The number of furan rings is 1. The predicted molar refractivity (Wildman–Crippen MR) is 89.7 cm³/mol. The quantitative estimate of drug-likeness (QED) is 0.686. The number of hydrogen-bond donors (Lipinski definition) is 0. The largest absolute Gasteiger partial charge is 0.465 e. The summed E-state index contributed by atoms with van der Waals surface area (Å²) in [7, 11) is 1.40. The van der Waals surface area contributed by atoms with E-state index in [1.807, 2.05) is 6.92 Å². The lowest BCUT2D eigenvalue weighted by atomic mass is 9.79. The minimum Gasteiger partial charge on any atom is -0.465 e. The highest BCUT2D eigenvalue weighted by Gasteiger charge is 2.28. The van der Waals surface area contributed by atoms with Crippen molar-refractivity contribution in [1.82, 2.24) is 0 Å². The normalized spacial score (nSPS) is 12.7. The van der Waals surface area contributed by atoms with Crippen LogP contribution in [0.4, 0.5) is 0 Å². The zero-order chi connectivity index (χ0) is 16.9. The average Bonchev–Trinajstić information content (AvgIpc) is 2.70. The van der Waals surface area contributed by atoms with Gasteiger partial charge in [-0.3, -0.25) is 0 Å². The van der Waals surface area contributed by atoms with E-state index in [0.29, 0.717) is 11.3 Å². The van der Waals surface area contributed by atoms with Crippen LogP contribution in [0.25, 0.3) is 11.0 Å². The number of carbonyl (C=O) groups is 1. The molecule has 3 nitrogen and oxygen atoms in total. The predicted octanol–water partition coefficient (Wildman–Crippen LogP) is 5.12. The van der Waals surface area contributed by atoms with Crippen molar-refractivity contribution in [3.63, 3.8) is 0 Å². The minimum atomic E-state index is -0.345. The molecule has 2 aromatic rings. The van der Waals surface area contributed by atoms with E-state index in [-0.39, 0.29) is 16.8 Å². The van der Waals surface area contributed by atoms with Gasteiger partial charge in [0.05, 0.1) is 7.11 Å². The van der Waals surface area contributed by atoms with E-state index in [4.69, 9.17) is 9.15 Å². The highest BCUT2D eigenvalue weighted by Crippen LogP contribution is 2.38. The maximum atomic E-state index is 12.1. The summed E-state index contributed by atoms with van der Waals surface area (Å²) in [6.45, 7) is 14.8. The van der Waals surface area contributed by atoms with Gasteiger partial charge in [-0.25, -0.2) is 4.79 Å². The number of benzene rings is 1. The van der Waals surface area contributed by atoms with E-state index in [2.05, 4.69) is 53.7 Å². The second-order valence-corrected chi connectivity index (χ2v) is 7.93. The summed E-state index contributed by atoms with van der Waals surface area (Å²) < 4.78 is 10.9. The number of hydrogen-bond acceptors (Lipinski definition) is 3. The number of rotatable bonds is 1. The molecular formula is C19H26O3. The van der Waals surface area contributed by atoms with Crippen molar-refractivity contribution in [1.29, 1.82) is 0 Å². The summed E-state index contributed by atoms with van der Waals surface area (Å²) in [4.78, 5) is 12.1. The Labute approximate surface area is 132 Å². The molecule has 1 aromatic carbocycles. The molecule has 1 aromatic heterocycles. The zero-order valence-corrected chi connectivity index (χ0v) is 14.9. The summed E-state index contributed by atoms with van der Waals surface area (Å²) >= 11 is 0. The Hall–Kier alpha value is -1.77. The van der Waals surface area contributed by atoms with Crippen LogP contribution in [-0.2, 0) is 15.6 Å². The van der Waals surface area contributed by atoms with Crippen LogP contribution >= 0.6 is 0 Å². The SMILES string of the molecule is COC(=O)c1c(C)oc2c(C(C)(C)C)cc(C(C)(C)C)cc12. The Bertz CT molecular complexity index is 722. The summed E-state index contributed by atoms with van der Waals surface area (Å²) in [5, 5.41) is 0.849. The first-order valence-electron chi connectivity index (χ1n) is 7.63. The molecule has 0 aliphatic rings. The molecule has 0 saturated carbocycles. The lowest BCUT2D eigenvalue weighted by Crippen LogP contribution is -2.16. The van der Waals surface area contributed by atoms with Crippen molar-refractivity contribution >= 4 is 16.9 Å². The van der Waals surface area contributed by atoms with Gasteiger partial charge in [-0.15, -0.1) is 0 Å². The van der Waals surface area contributed by atoms with Gasteiger partial charge in [-0.2, -0.15) is 0 Å². The molecule has 0 fully saturated rings. The summed E-state index contributed by atoms with van der Waals surface area (Å²) in [6.07, 6.45) is 0. The van der Waals surface area contributed by atoms with Crippen molar-refractivity contribution in [2.45, 2.75) is 59.3 Å². The highest BCUT2D eigenvalue weighted by atomic mass is 16.5. The van der Waals surface area contributed by atoms with Gasteiger partial charge in [0.1, 0.15) is 16.9 Å². The fourth-order valence-corrected chi connectivity index (χ4v) is 2.66. The van der Waals surface area contributed by atoms with Crippen LogP contribution in [0.3, 0.4) is 0 Å². The number of methoxy groups -OCH3 is 1. The van der Waals surface area contributed by atoms with Crippen molar-refractivity contribution in [3.05, 3.63) is 34.6 Å². The van der Waals surface area contributed by atoms with Crippen molar-refractivity contribution in [2.24, 2.45) is 0 Å². The molecule has 22 heavy (non-hydrogen) atoms. The number of carbonyl (C=O) groups excluding carboxylic acids is 1. The third kappa shape index (κ3) is 2.77. The summed E-state index contributed by atoms with van der Waals surface area (Å²) in [5.74, 6) is 0.264. The van der Waals surface area contributed by atoms with Crippen molar-refractivity contribution < 1.29 is 13.9 Å². The maximum absolute atomic E-state index is 12.1. The Balaban J connectivity index is 2.93. The number of ether oxygens (including phenoxy) is 1. The fraction of sp³-hybridized carbons (Fsp3) is 0.526. The first kappa shape index (κ1) is 16.6. The first-order chi connectivity index (χ1) is 9.96. The summed E-state index contributed by atoms with van der Waals surface area (Å²) in [5.41, 5.74) is 3.56. The number of esters is 1. The maximum Gasteiger partial charge on any atom is 0.342 e. The van der Waals surface area contributed by atoms with E-state index in [1.165, 1.54) is 12.7 Å². The molecule has 0 spiro atoms. The summed E-state index contributed by atoms with van der Waals surface area (Å²) in [6, 6.07) is 4.26. The Morgan fingerprint density at radius 2 is 1.64 bits per heavy atom. The smallest absolute Gasteiger partial charge is 0.342 e. The van der Waals surface area contributed by atoms with Crippen LogP contribution in [0.15, 0.2) is 16.5 Å². The molecule has 0 radical (unpaired) electrons. The number of aryl methyl sites for hydroxylation is 1. The third-order valence-electron chi connectivity index (χ3n) is 4.03. The van der Waals surface area contributed by atoms with E-state index in [9.17, 15) is 4.79 Å². The lowest BCUT2D eigenvalue weighted by Gasteiger charge is -2.25. The van der Waals surface area contributed by atoms with Crippen LogP contribution in [0.2, 0.25) is 0 Å². The average molecular weight is 302 g/mol. The van der Waals surface area contributed by atoms with Crippen molar-refractivity contribution in [2.75, 3.05) is 7.11 Å². The molecule has 0 aliphatic heterocycles. The van der Waals surface area contributed by atoms with Crippen LogP contribution in [0, 0.1) is 6.92 Å². The molecule has 0 bridgehead atoms. The molecule has 0 saturated heterocycles. The van der Waals surface area contributed by atoms with Gasteiger partial charge in [-0.05, 0) is 29.4 Å². The third-order valence-corrected chi connectivity index (χ3v) is 4.03. The van der Waals surface area contributed by atoms with Gasteiger partial charge in [-0.1, -0.05) is 47.6 Å². The molecule has 3 heteroatoms. The Morgan fingerprint density at radius 1 is 1.05 bits per heavy atom. The van der Waals surface area contributed by atoms with Gasteiger partial charge < -0.3 is 9.15 Å². The van der Waals surface area contributed by atoms with Crippen molar-refractivity contribution in [3.8, 4) is 0 Å². The second-order valence-electron chi connectivity index (χ2n) is 7.93. The highest BCUT2D eigenvalue weighted by molar-refractivity contribution is 6.05. The zero-order valence-electron chi connectivity index (χ0n) is 14.9. The molecular weight excluding hydrogens is 276 g/mol. The second kappa shape index (κ2) is 5.15. The lowest BCUT2D eigenvalue weighted by molar-refractivity contribution is 0.0600. The molecule has 0 atom stereocenters. The van der Waals surface area contributed by atoms with E-state index < -0.39 is 0 Å². The van der Waals surface area contributed by atoms with Gasteiger partial charge in [0.2, 0.25) is 0 Å². The molecule has 0 unspecified atom stereocenters. The molecule has 0 aliphatic carbocycles. The molecule has 1 heterocycles. The van der Waals surface area contributed by atoms with Crippen LogP contribution < -0.4 is 0 Å². The van der Waals surface area contributed by atoms with Crippen LogP contribution in [0.1, 0.15) is 68.8 Å². The van der Waals surface area contributed by atoms with E-state index in [1.54, 1.807) is 0 Å². The monoisotopic (exact) mass is 302 g/mol. The minimum absolute atomic E-state index is 0.00719. The standard InChI is InChI=1S/C19H26O3/c1-11-15(17(20)21-8)13-9-12(18(2,3)4)10-14(16(13)22-11)19(5,6)7/h9-10H,1-8H3.